The highest BCUT2D eigenvalue weighted by molar-refractivity contribution is 9.09. The van der Waals surface area contributed by atoms with Gasteiger partial charge in [0.15, 0.2) is 0 Å². The second-order valence-corrected chi connectivity index (χ2v) is 11.0. The lowest BCUT2D eigenvalue weighted by molar-refractivity contribution is 0.344. The molecule has 2 nitrogen and oxygen atoms in total. The molecule has 0 aliphatic rings. The molecule has 0 N–H and O–H groups in total. The second kappa shape index (κ2) is 21.8. The molecule has 0 atom stereocenters. The normalized spacial score (nSPS) is 11.3. The highest BCUT2D eigenvalue weighted by Gasteiger charge is 1.99. The van der Waals surface area contributed by atoms with Crippen LogP contribution in [-0.2, 0) is 12.8 Å². The molecule has 2 aromatic carbocycles. The molecule has 0 bridgehead atoms. The zero-order chi connectivity index (χ0) is 25.5. The number of aryl methyl sites for hydroxylation is 2. The summed E-state index contributed by atoms with van der Waals surface area (Å²) in [4.78, 5) is 0. The van der Waals surface area contributed by atoms with Gasteiger partial charge in [0.05, 0.1) is 13.2 Å². The summed E-state index contributed by atoms with van der Waals surface area (Å²) in [5.74, 6) is 1.99. The molecule has 0 saturated heterocycles. The maximum atomic E-state index is 5.69. The van der Waals surface area contributed by atoms with Crippen molar-refractivity contribution in [3.63, 3.8) is 0 Å². The molecule has 2 rings (SSSR count). The molecule has 36 heavy (non-hydrogen) atoms. The second-order valence-electron chi connectivity index (χ2n) is 9.45. The molecule has 0 aromatic heterocycles. The number of ether oxygens (including phenoxy) is 2. The van der Waals surface area contributed by atoms with Gasteiger partial charge in [-0.15, -0.1) is 0 Å². The Labute approximate surface area is 237 Å². The molecule has 0 aliphatic heterocycles. The third kappa shape index (κ3) is 15.8. The van der Waals surface area contributed by atoms with E-state index in [1.54, 1.807) is 0 Å². The molecule has 0 heterocycles. The van der Waals surface area contributed by atoms with Crippen molar-refractivity contribution >= 4 is 31.9 Å². The zero-order valence-electron chi connectivity index (χ0n) is 22.1. The van der Waals surface area contributed by atoms with Gasteiger partial charge in [-0.25, -0.2) is 0 Å². The number of halogens is 2. The number of hydrogen-bond acceptors (Lipinski definition) is 2. The van der Waals surface area contributed by atoms with E-state index in [2.05, 4.69) is 80.4 Å². The van der Waals surface area contributed by atoms with E-state index in [-0.39, 0.29) is 0 Å². The van der Waals surface area contributed by atoms with Crippen molar-refractivity contribution < 1.29 is 9.47 Å². The highest BCUT2D eigenvalue weighted by atomic mass is 79.9. The van der Waals surface area contributed by atoms with Gasteiger partial charge in [0.25, 0.3) is 0 Å². The Morgan fingerprint density at radius 2 is 0.944 bits per heavy atom. The van der Waals surface area contributed by atoms with E-state index in [0.717, 1.165) is 48.2 Å². The van der Waals surface area contributed by atoms with Gasteiger partial charge in [-0.3, -0.25) is 0 Å². The van der Waals surface area contributed by atoms with Gasteiger partial charge in [-0.05, 0) is 86.8 Å². The summed E-state index contributed by atoms with van der Waals surface area (Å²) in [5, 5.41) is 1.75. The Morgan fingerprint density at radius 1 is 0.528 bits per heavy atom. The van der Waals surface area contributed by atoms with Crippen molar-refractivity contribution in [2.75, 3.05) is 23.9 Å². The molecule has 0 unspecified atom stereocenters. The van der Waals surface area contributed by atoms with E-state index in [4.69, 9.17) is 9.47 Å². The van der Waals surface area contributed by atoms with E-state index >= 15 is 0 Å². The average molecular weight is 623 g/mol. The van der Waals surface area contributed by atoms with Crippen LogP contribution in [0.5, 0.6) is 11.5 Å². The zero-order valence-corrected chi connectivity index (χ0v) is 25.2. The smallest absolute Gasteiger partial charge is 0.119 e. The van der Waals surface area contributed by atoms with Crippen LogP contribution in [0, 0.1) is 0 Å². The Kier molecular flexibility index (Phi) is 18.7. The minimum Gasteiger partial charge on any atom is -0.493 e. The molecule has 0 fully saturated rings. The molecule has 2 aromatic rings. The topological polar surface area (TPSA) is 18.5 Å². The number of alkyl halides is 2. The maximum absolute atomic E-state index is 5.69. The molecule has 4 heteroatoms. The van der Waals surface area contributed by atoms with Gasteiger partial charge >= 0.3 is 0 Å². The molecular formula is C32H46Br2O2. The SMILES string of the molecule is BrCCOc1cccc(CCCCCCCC=CCCCCCCCc2cccc(OCCBr)c2)c1. The lowest BCUT2D eigenvalue weighted by Gasteiger charge is -2.07. The number of benzene rings is 2. The van der Waals surface area contributed by atoms with Crippen LogP contribution in [0.25, 0.3) is 0 Å². The largest absolute Gasteiger partial charge is 0.493 e. The van der Waals surface area contributed by atoms with Gasteiger partial charge in [-0.2, -0.15) is 0 Å². The molecular weight excluding hydrogens is 576 g/mol. The number of hydrogen-bond donors (Lipinski definition) is 0. The average Bonchev–Trinajstić information content (AvgIpc) is 2.91. The fourth-order valence-electron chi connectivity index (χ4n) is 4.37. The van der Waals surface area contributed by atoms with E-state index in [0.29, 0.717) is 0 Å². The van der Waals surface area contributed by atoms with Crippen molar-refractivity contribution in [2.24, 2.45) is 0 Å². The Bertz CT molecular complexity index is 754. The minimum atomic E-state index is 0.725. The number of allylic oxidation sites excluding steroid dienone is 2. The monoisotopic (exact) mass is 620 g/mol. The summed E-state index contributed by atoms with van der Waals surface area (Å²) in [6, 6.07) is 17.1. The summed E-state index contributed by atoms with van der Waals surface area (Å²) in [7, 11) is 0. The first-order chi connectivity index (χ1) is 17.8. The van der Waals surface area contributed by atoms with E-state index < -0.39 is 0 Å². The van der Waals surface area contributed by atoms with Crippen LogP contribution < -0.4 is 9.47 Å². The molecule has 0 radical (unpaired) electrons. The third-order valence-electron chi connectivity index (χ3n) is 6.33. The van der Waals surface area contributed by atoms with Crippen molar-refractivity contribution in [3.8, 4) is 11.5 Å². The van der Waals surface area contributed by atoms with Crippen LogP contribution in [0.1, 0.15) is 88.2 Å². The van der Waals surface area contributed by atoms with Crippen LogP contribution in [0.3, 0.4) is 0 Å². The lowest BCUT2D eigenvalue weighted by Crippen LogP contribution is -1.98. The van der Waals surface area contributed by atoms with E-state index in [1.807, 2.05) is 12.1 Å². The van der Waals surface area contributed by atoms with Crippen LogP contribution in [0.2, 0.25) is 0 Å². The quantitative estimate of drug-likeness (QED) is 0.0739. The first-order valence-electron chi connectivity index (χ1n) is 14.0. The first kappa shape index (κ1) is 31.0. The fourth-order valence-corrected chi connectivity index (χ4v) is 4.70. The lowest BCUT2D eigenvalue weighted by atomic mass is 10.0. The summed E-state index contributed by atoms with van der Waals surface area (Å²) in [6.45, 7) is 1.45. The van der Waals surface area contributed by atoms with E-state index in [9.17, 15) is 0 Å². The van der Waals surface area contributed by atoms with Gasteiger partial charge in [0.2, 0.25) is 0 Å². The van der Waals surface area contributed by atoms with E-state index in [1.165, 1.54) is 88.2 Å². The highest BCUT2D eigenvalue weighted by Crippen LogP contribution is 2.18. The first-order valence-corrected chi connectivity index (χ1v) is 16.3. The van der Waals surface area contributed by atoms with Gasteiger partial charge in [-0.1, -0.05) is 107 Å². The summed E-state index contributed by atoms with van der Waals surface area (Å²) >= 11 is 6.82. The fraction of sp³-hybridized carbons (Fsp3) is 0.562. The molecule has 0 amide bonds. The Morgan fingerprint density at radius 3 is 1.39 bits per heavy atom. The predicted molar refractivity (Wildman–Crippen MR) is 163 cm³/mol. The minimum absolute atomic E-state index is 0.725. The maximum Gasteiger partial charge on any atom is 0.119 e. The van der Waals surface area contributed by atoms with Gasteiger partial charge in [0.1, 0.15) is 11.5 Å². The molecule has 0 spiro atoms. The summed E-state index contributed by atoms with van der Waals surface area (Å²) in [5.41, 5.74) is 2.79. The predicted octanol–water partition coefficient (Wildman–Crippen LogP) is 10.3. The molecule has 200 valence electrons. The Balaban J connectivity index is 1.36. The number of rotatable bonds is 22. The number of unbranched alkanes of at least 4 members (excludes halogenated alkanes) is 10. The van der Waals surface area contributed by atoms with Crippen molar-refractivity contribution in [1.29, 1.82) is 0 Å². The van der Waals surface area contributed by atoms with Crippen LogP contribution >= 0.6 is 31.9 Å². The Hall–Kier alpha value is -1.26. The molecule has 0 saturated carbocycles. The van der Waals surface area contributed by atoms with Crippen LogP contribution in [0.15, 0.2) is 60.7 Å². The van der Waals surface area contributed by atoms with Gasteiger partial charge in [0, 0.05) is 10.7 Å². The molecule has 0 aliphatic carbocycles. The van der Waals surface area contributed by atoms with Crippen LogP contribution in [-0.4, -0.2) is 23.9 Å². The summed E-state index contributed by atoms with van der Waals surface area (Å²) < 4.78 is 11.4. The van der Waals surface area contributed by atoms with Crippen molar-refractivity contribution in [2.45, 2.75) is 89.9 Å². The summed E-state index contributed by atoms with van der Waals surface area (Å²) in [6.07, 6.45) is 22.9. The third-order valence-corrected chi connectivity index (χ3v) is 6.98. The van der Waals surface area contributed by atoms with Crippen LogP contribution in [0.4, 0.5) is 0 Å². The van der Waals surface area contributed by atoms with Crippen molar-refractivity contribution in [1.82, 2.24) is 0 Å². The van der Waals surface area contributed by atoms with Gasteiger partial charge < -0.3 is 9.47 Å². The standard InChI is InChI=1S/C32H46Br2O2/c33-23-25-35-31-21-15-19-29(27-31)17-13-11-9-7-5-3-1-2-4-6-8-10-12-14-18-30-20-16-22-32(28-30)36-26-24-34/h1-2,15-16,19-22,27-28H,3-14,17-18,23-26H2. The van der Waals surface area contributed by atoms with Crippen molar-refractivity contribution in [3.05, 3.63) is 71.8 Å².